The molecule has 1 aromatic carbocycles. The number of phenols is 1. The summed E-state index contributed by atoms with van der Waals surface area (Å²) in [6, 6.07) is 5.96. The third-order valence-electron chi connectivity index (χ3n) is 7.10. The van der Waals surface area contributed by atoms with Gasteiger partial charge in [-0.25, -0.2) is 0 Å². The fourth-order valence-electron chi connectivity index (χ4n) is 5.95. The largest absolute Gasteiger partial charge is 0.508 e. The van der Waals surface area contributed by atoms with E-state index in [0.717, 1.165) is 37.3 Å². The fraction of sp³-hybridized carbons (Fsp3) is 0.591. The van der Waals surface area contributed by atoms with Gasteiger partial charge in [0.1, 0.15) is 5.75 Å². The highest BCUT2D eigenvalue weighted by atomic mass is 35.5. The molecule has 2 aliphatic carbocycles. The number of fused-ring (bicyclic) bond motifs is 4. The van der Waals surface area contributed by atoms with E-state index >= 15 is 0 Å². The van der Waals surface area contributed by atoms with Gasteiger partial charge >= 0.3 is 0 Å². The lowest BCUT2D eigenvalue weighted by molar-refractivity contribution is -0.0526. The van der Waals surface area contributed by atoms with Crippen LogP contribution in [0, 0.1) is 17.3 Å². The minimum absolute atomic E-state index is 0.153. The van der Waals surface area contributed by atoms with E-state index in [4.69, 9.17) is 16.3 Å². The van der Waals surface area contributed by atoms with Gasteiger partial charge in [0.2, 0.25) is 0 Å². The van der Waals surface area contributed by atoms with Crippen molar-refractivity contribution in [2.24, 2.45) is 17.3 Å². The maximum absolute atomic E-state index is 10.3. The number of halogens is 1. The standard InChI is InChI=1S/C22H27ClN2O2/c1-2-6-22-9-16(13-25-12-15(23)11-24-25)27-21-8-17-14(4-3-5-20(17)26)7-18(21)19(22)10-22/h3-5,11-12,16,18-19,21,26H,2,6-10,13H2,1H3/t16?,18?,19?,21-,22?/m1/s1. The normalized spacial score (nSPS) is 34.3. The van der Waals surface area contributed by atoms with Crippen molar-refractivity contribution in [3.63, 3.8) is 0 Å². The van der Waals surface area contributed by atoms with E-state index in [1.165, 1.54) is 24.8 Å². The van der Waals surface area contributed by atoms with Crippen molar-refractivity contribution in [1.29, 1.82) is 0 Å². The highest BCUT2D eigenvalue weighted by Crippen LogP contribution is 2.66. The number of ether oxygens (including phenoxy) is 1. The summed E-state index contributed by atoms with van der Waals surface area (Å²) < 4.78 is 8.61. The second-order valence-electron chi connectivity index (χ2n) is 8.79. The van der Waals surface area contributed by atoms with Crippen LogP contribution >= 0.6 is 11.6 Å². The van der Waals surface area contributed by atoms with E-state index in [0.29, 0.717) is 22.1 Å². The molecule has 4 unspecified atom stereocenters. The molecule has 0 bridgehead atoms. The molecule has 144 valence electrons. The Hall–Kier alpha value is -1.52. The lowest BCUT2D eigenvalue weighted by Gasteiger charge is -2.34. The second kappa shape index (κ2) is 6.52. The van der Waals surface area contributed by atoms with Crippen LogP contribution in [0.2, 0.25) is 5.02 Å². The lowest BCUT2D eigenvalue weighted by atomic mass is 9.76. The molecule has 0 spiro atoms. The van der Waals surface area contributed by atoms with E-state index in [2.05, 4.69) is 18.1 Å². The van der Waals surface area contributed by atoms with Crippen LogP contribution in [0.3, 0.4) is 0 Å². The Morgan fingerprint density at radius 1 is 1.33 bits per heavy atom. The van der Waals surface area contributed by atoms with Gasteiger partial charge in [-0.15, -0.1) is 0 Å². The van der Waals surface area contributed by atoms with Gasteiger partial charge in [-0.2, -0.15) is 5.10 Å². The molecule has 1 aromatic heterocycles. The summed E-state index contributed by atoms with van der Waals surface area (Å²) in [5, 5.41) is 15.4. The zero-order valence-electron chi connectivity index (χ0n) is 15.8. The first kappa shape index (κ1) is 17.6. The van der Waals surface area contributed by atoms with Crippen molar-refractivity contribution in [2.45, 2.75) is 64.2 Å². The maximum atomic E-state index is 10.3. The topological polar surface area (TPSA) is 47.3 Å². The minimum Gasteiger partial charge on any atom is -0.508 e. The van der Waals surface area contributed by atoms with Gasteiger partial charge in [-0.1, -0.05) is 37.1 Å². The van der Waals surface area contributed by atoms with Gasteiger partial charge in [-0.3, -0.25) is 4.68 Å². The molecule has 27 heavy (non-hydrogen) atoms. The van der Waals surface area contributed by atoms with Crippen molar-refractivity contribution in [3.05, 3.63) is 46.7 Å². The summed E-state index contributed by atoms with van der Waals surface area (Å²) in [6.45, 7) is 3.05. The van der Waals surface area contributed by atoms with Crippen LogP contribution in [-0.4, -0.2) is 27.1 Å². The van der Waals surface area contributed by atoms with Crippen molar-refractivity contribution in [3.8, 4) is 5.75 Å². The number of aromatic nitrogens is 2. The monoisotopic (exact) mass is 386 g/mol. The van der Waals surface area contributed by atoms with Crippen LogP contribution in [0.4, 0.5) is 0 Å². The zero-order valence-corrected chi connectivity index (χ0v) is 16.5. The molecule has 5 heteroatoms. The Bertz CT molecular complexity index is 851. The Labute approximate surface area is 165 Å². The van der Waals surface area contributed by atoms with Crippen molar-refractivity contribution >= 4 is 11.6 Å². The van der Waals surface area contributed by atoms with E-state index in [1.807, 2.05) is 16.9 Å². The molecule has 1 aliphatic heterocycles. The molecule has 0 amide bonds. The molecular weight excluding hydrogens is 360 g/mol. The summed E-state index contributed by atoms with van der Waals surface area (Å²) in [7, 11) is 0. The summed E-state index contributed by atoms with van der Waals surface area (Å²) in [4.78, 5) is 0. The third kappa shape index (κ3) is 3.07. The average molecular weight is 387 g/mol. The predicted molar refractivity (Wildman–Crippen MR) is 105 cm³/mol. The van der Waals surface area contributed by atoms with Gasteiger partial charge in [-0.05, 0) is 60.1 Å². The van der Waals surface area contributed by atoms with Crippen LogP contribution in [0.15, 0.2) is 30.6 Å². The molecule has 3 aliphatic rings. The summed E-state index contributed by atoms with van der Waals surface area (Å²) in [5.41, 5.74) is 2.84. The molecule has 2 aromatic rings. The second-order valence-corrected chi connectivity index (χ2v) is 9.23. The van der Waals surface area contributed by atoms with E-state index < -0.39 is 0 Å². The number of hydrogen-bond acceptors (Lipinski definition) is 3. The highest BCUT2D eigenvalue weighted by molar-refractivity contribution is 6.30. The molecule has 1 saturated heterocycles. The molecule has 0 radical (unpaired) electrons. The van der Waals surface area contributed by atoms with E-state index in [9.17, 15) is 5.11 Å². The van der Waals surface area contributed by atoms with E-state index in [1.54, 1.807) is 12.3 Å². The Kier molecular flexibility index (Phi) is 4.25. The van der Waals surface area contributed by atoms with Crippen LogP contribution in [-0.2, 0) is 24.1 Å². The van der Waals surface area contributed by atoms with Crippen LogP contribution in [0.5, 0.6) is 5.75 Å². The SMILES string of the molecule is CCCC12CC(Cn3cc(Cl)cn3)O[C@@H]3Cc4c(O)cccc4CC3C1C2. The van der Waals surface area contributed by atoms with Gasteiger partial charge < -0.3 is 9.84 Å². The first-order valence-electron chi connectivity index (χ1n) is 10.2. The summed E-state index contributed by atoms with van der Waals surface area (Å²) >= 11 is 6.06. The summed E-state index contributed by atoms with van der Waals surface area (Å²) in [6.07, 6.45) is 10.7. The van der Waals surface area contributed by atoms with Gasteiger partial charge in [0, 0.05) is 12.6 Å². The molecule has 4 nitrogen and oxygen atoms in total. The summed E-state index contributed by atoms with van der Waals surface area (Å²) in [5.74, 6) is 1.74. The molecule has 5 atom stereocenters. The molecule has 2 heterocycles. The van der Waals surface area contributed by atoms with Gasteiger partial charge in [0.25, 0.3) is 0 Å². The quantitative estimate of drug-likeness (QED) is 0.833. The first-order valence-corrected chi connectivity index (χ1v) is 10.6. The number of phenolic OH excluding ortho intramolecular Hbond substituents is 1. The molecule has 5 rings (SSSR count). The Morgan fingerprint density at radius 2 is 2.22 bits per heavy atom. The Balaban J connectivity index is 1.45. The number of aromatic hydroxyl groups is 1. The molecule has 1 saturated carbocycles. The van der Waals surface area contributed by atoms with Crippen LogP contribution in [0.25, 0.3) is 0 Å². The smallest absolute Gasteiger partial charge is 0.119 e. The van der Waals surface area contributed by atoms with Crippen molar-refractivity contribution < 1.29 is 9.84 Å². The van der Waals surface area contributed by atoms with Crippen LogP contribution < -0.4 is 0 Å². The molecule has 2 fully saturated rings. The number of rotatable bonds is 4. The zero-order chi connectivity index (χ0) is 18.6. The van der Waals surface area contributed by atoms with Crippen molar-refractivity contribution in [2.75, 3.05) is 0 Å². The molecule has 1 N–H and O–H groups in total. The average Bonchev–Trinajstić information content (AvgIpc) is 3.19. The predicted octanol–water partition coefficient (Wildman–Crippen LogP) is 4.62. The number of nitrogens with zero attached hydrogens (tertiary/aromatic N) is 2. The fourth-order valence-corrected chi connectivity index (χ4v) is 6.10. The minimum atomic E-state index is 0.153. The van der Waals surface area contributed by atoms with Crippen LogP contribution in [0.1, 0.15) is 43.7 Å². The number of benzene rings is 1. The highest BCUT2D eigenvalue weighted by Gasteiger charge is 2.61. The van der Waals surface area contributed by atoms with E-state index in [-0.39, 0.29) is 12.2 Å². The Morgan fingerprint density at radius 3 is 3.00 bits per heavy atom. The third-order valence-corrected chi connectivity index (χ3v) is 7.29. The maximum Gasteiger partial charge on any atom is 0.119 e. The van der Waals surface area contributed by atoms with Gasteiger partial charge in [0.15, 0.2) is 0 Å². The van der Waals surface area contributed by atoms with Gasteiger partial charge in [0.05, 0.1) is 30.0 Å². The molecular formula is C22H27ClN2O2. The number of hydrogen-bond donors (Lipinski definition) is 1. The lowest BCUT2D eigenvalue weighted by Crippen LogP contribution is -2.36. The van der Waals surface area contributed by atoms with Crippen molar-refractivity contribution in [1.82, 2.24) is 9.78 Å². The first-order chi connectivity index (χ1) is 13.1.